The predicted molar refractivity (Wildman–Crippen MR) is 75.0 cm³/mol. The third-order valence-corrected chi connectivity index (χ3v) is 4.53. The monoisotopic (exact) mass is 307 g/mol. The number of aromatic amines is 1. The summed E-state index contributed by atoms with van der Waals surface area (Å²) in [6, 6.07) is 8.33. The van der Waals surface area contributed by atoms with Crippen molar-refractivity contribution in [3.8, 4) is 11.3 Å². The molecule has 0 aliphatic rings. The van der Waals surface area contributed by atoms with Gasteiger partial charge in [0.05, 0.1) is 10.2 Å². The van der Waals surface area contributed by atoms with Gasteiger partial charge in [0, 0.05) is 27.6 Å². The number of aromatic nitrogens is 2. The van der Waals surface area contributed by atoms with E-state index in [-0.39, 0.29) is 0 Å². The summed E-state index contributed by atoms with van der Waals surface area (Å²) >= 11 is 5.28. The van der Waals surface area contributed by atoms with Gasteiger partial charge in [-0.3, -0.25) is 5.10 Å². The summed E-state index contributed by atoms with van der Waals surface area (Å²) in [7, 11) is 0. The molecule has 0 bridgehead atoms. The van der Waals surface area contributed by atoms with Crippen molar-refractivity contribution in [2.45, 2.75) is 6.54 Å². The molecule has 0 atom stereocenters. The molecule has 3 aromatic rings. The molecule has 17 heavy (non-hydrogen) atoms. The molecule has 0 saturated heterocycles. The lowest BCUT2D eigenvalue weighted by Gasteiger charge is -1.96. The van der Waals surface area contributed by atoms with Crippen molar-refractivity contribution in [2.75, 3.05) is 0 Å². The fourth-order valence-electron chi connectivity index (χ4n) is 1.84. The largest absolute Gasteiger partial charge is 0.325 e. The average Bonchev–Trinajstić information content (AvgIpc) is 2.92. The minimum atomic E-state index is 0.454. The summed E-state index contributed by atoms with van der Waals surface area (Å²) in [5.41, 5.74) is 8.64. The first kappa shape index (κ1) is 11.0. The van der Waals surface area contributed by atoms with Gasteiger partial charge in [0.1, 0.15) is 5.69 Å². The van der Waals surface area contributed by atoms with Gasteiger partial charge in [-0.15, -0.1) is 11.3 Å². The molecule has 0 spiro atoms. The van der Waals surface area contributed by atoms with Crippen LogP contribution in [0.2, 0.25) is 0 Å². The molecule has 0 aliphatic heterocycles. The molecule has 0 aliphatic carbocycles. The van der Waals surface area contributed by atoms with Crippen LogP contribution in [0, 0.1) is 0 Å². The van der Waals surface area contributed by atoms with Crippen molar-refractivity contribution >= 4 is 37.4 Å². The van der Waals surface area contributed by atoms with E-state index in [2.05, 4.69) is 43.6 Å². The van der Waals surface area contributed by atoms with E-state index in [0.717, 1.165) is 21.4 Å². The number of hydrogen-bond donors (Lipinski definition) is 2. The number of nitrogens with two attached hydrogens (primary N) is 1. The van der Waals surface area contributed by atoms with E-state index >= 15 is 0 Å². The Kier molecular flexibility index (Phi) is 2.74. The van der Waals surface area contributed by atoms with E-state index in [9.17, 15) is 0 Å². The molecule has 5 heteroatoms. The standard InChI is InChI=1S/C12H10BrN3S/c13-11-9(5-14)15-16-12(11)8-6-17-10-4-2-1-3-7(8)10/h1-4,6H,5,14H2,(H,15,16). The molecule has 3 nitrogen and oxygen atoms in total. The highest BCUT2D eigenvalue weighted by atomic mass is 79.9. The van der Waals surface area contributed by atoms with Crippen molar-refractivity contribution in [3.63, 3.8) is 0 Å². The van der Waals surface area contributed by atoms with Gasteiger partial charge in [-0.2, -0.15) is 5.10 Å². The number of thiophene rings is 1. The predicted octanol–water partition coefficient (Wildman–Crippen LogP) is 3.51. The number of rotatable bonds is 2. The number of hydrogen-bond acceptors (Lipinski definition) is 3. The van der Waals surface area contributed by atoms with Crippen LogP contribution in [0.1, 0.15) is 5.69 Å². The zero-order valence-electron chi connectivity index (χ0n) is 8.90. The Morgan fingerprint density at radius 1 is 1.35 bits per heavy atom. The maximum Gasteiger partial charge on any atom is 0.108 e. The number of H-pyrrole nitrogens is 1. The molecule has 2 heterocycles. The minimum Gasteiger partial charge on any atom is -0.325 e. The Labute approximate surface area is 111 Å². The number of nitrogens with one attached hydrogen (secondary N) is 1. The molecule has 2 aromatic heterocycles. The third-order valence-electron chi connectivity index (χ3n) is 2.72. The minimum absolute atomic E-state index is 0.454. The van der Waals surface area contributed by atoms with Crippen LogP contribution in [0.3, 0.4) is 0 Å². The van der Waals surface area contributed by atoms with Gasteiger partial charge >= 0.3 is 0 Å². The Balaban J connectivity index is 2.24. The fraction of sp³-hybridized carbons (Fsp3) is 0.0833. The van der Waals surface area contributed by atoms with Crippen LogP contribution >= 0.6 is 27.3 Å². The van der Waals surface area contributed by atoms with E-state index in [1.54, 1.807) is 11.3 Å². The van der Waals surface area contributed by atoms with E-state index in [1.807, 2.05) is 12.1 Å². The van der Waals surface area contributed by atoms with Crippen LogP contribution < -0.4 is 5.73 Å². The van der Waals surface area contributed by atoms with E-state index in [0.29, 0.717) is 6.54 Å². The molecule has 1 aromatic carbocycles. The number of halogens is 1. The summed E-state index contributed by atoms with van der Waals surface area (Å²) in [5, 5.41) is 10.7. The van der Waals surface area contributed by atoms with Crippen LogP contribution in [0.15, 0.2) is 34.1 Å². The van der Waals surface area contributed by atoms with Gasteiger partial charge in [0.15, 0.2) is 0 Å². The van der Waals surface area contributed by atoms with Crippen molar-refractivity contribution in [1.29, 1.82) is 0 Å². The van der Waals surface area contributed by atoms with Crippen molar-refractivity contribution in [3.05, 3.63) is 39.8 Å². The smallest absolute Gasteiger partial charge is 0.108 e. The van der Waals surface area contributed by atoms with Gasteiger partial charge in [-0.1, -0.05) is 18.2 Å². The van der Waals surface area contributed by atoms with E-state index in [1.165, 1.54) is 10.1 Å². The molecular weight excluding hydrogens is 298 g/mol. The second-order valence-electron chi connectivity index (χ2n) is 3.71. The molecule has 3 rings (SSSR count). The number of nitrogens with zero attached hydrogens (tertiary/aromatic N) is 1. The average molecular weight is 308 g/mol. The van der Waals surface area contributed by atoms with Crippen molar-refractivity contribution in [2.24, 2.45) is 5.73 Å². The topological polar surface area (TPSA) is 54.7 Å². The van der Waals surface area contributed by atoms with Crippen LogP contribution in [-0.2, 0) is 6.54 Å². The molecule has 0 amide bonds. The summed E-state index contributed by atoms with van der Waals surface area (Å²) in [5.74, 6) is 0. The summed E-state index contributed by atoms with van der Waals surface area (Å²) in [4.78, 5) is 0. The highest BCUT2D eigenvalue weighted by Gasteiger charge is 2.14. The Hall–Kier alpha value is -1.17. The van der Waals surface area contributed by atoms with Gasteiger partial charge in [-0.05, 0) is 22.0 Å². The summed E-state index contributed by atoms with van der Waals surface area (Å²) < 4.78 is 2.23. The zero-order valence-corrected chi connectivity index (χ0v) is 11.3. The first-order valence-electron chi connectivity index (χ1n) is 5.20. The SMILES string of the molecule is NCc1[nH]nc(-c2csc3ccccc23)c1Br. The molecule has 0 saturated carbocycles. The van der Waals surface area contributed by atoms with Crippen LogP contribution in [0.25, 0.3) is 21.3 Å². The van der Waals surface area contributed by atoms with Gasteiger partial charge in [0.2, 0.25) is 0 Å². The zero-order chi connectivity index (χ0) is 11.8. The van der Waals surface area contributed by atoms with Gasteiger partial charge in [0.25, 0.3) is 0 Å². The van der Waals surface area contributed by atoms with Crippen LogP contribution in [-0.4, -0.2) is 10.2 Å². The summed E-state index contributed by atoms with van der Waals surface area (Å²) in [6.45, 7) is 0.454. The maximum atomic E-state index is 5.63. The van der Waals surface area contributed by atoms with Crippen molar-refractivity contribution in [1.82, 2.24) is 10.2 Å². The Bertz CT molecular complexity index is 671. The Morgan fingerprint density at radius 2 is 2.18 bits per heavy atom. The first-order valence-corrected chi connectivity index (χ1v) is 6.88. The molecular formula is C12H10BrN3S. The Morgan fingerprint density at radius 3 is 2.94 bits per heavy atom. The third kappa shape index (κ3) is 1.71. The fourth-order valence-corrected chi connectivity index (χ4v) is 3.34. The normalized spacial score (nSPS) is 11.2. The van der Waals surface area contributed by atoms with Crippen LogP contribution in [0.5, 0.6) is 0 Å². The van der Waals surface area contributed by atoms with Gasteiger partial charge < -0.3 is 5.73 Å². The highest BCUT2D eigenvalue weighted by Crippen LogP contribution is 2.37. The molecule has 0 radical (unpaired) electrons. The second-order valence-corrected chi connectivity index (χ2v) is 5.42. The number of benzene rings is 1. The first-order chi connectivity index (χ1) is 8.31. The second kappa shape index (κ2) is 4.25. The lowest BCUT2D eigenvalue weighted by molar-refractivity contribution is 0.945. The lowest BCUT2D eigenvalue weighted by Crippen LogP contribution is -1.96. The maximum absolute atomic E-state index is 5.63. The lowest BCUT2D eigenvalue weighted by atomic mass is 10.1. The molecule has 0 fully saturated rings. The highest BCUT2D eigenvalue weighted by molar-refractivity contribution is 9.10. The number of fused-ring (bicyclic) bond motifs is 1. The van der Waals surface area contributed by atoms with Crippen molar-refractivity contribution < 1.29 is 0 Å². The summed E-state index contributed by atoms with van der Waals surface area (Å²) in [6.07, 6.45) is 0. The van der Waals surface area contributed by atoms with E-state index in [4.69, 9.17) is 5.73 Å². The van der Waals surface area contributed by atoms with Gasteiger partial charge in [-0.25, -0.2) is 0 Å². The van der Waals surface area contributed by atoms with Crippen LogP contribution in [0.4, 0.5) is 0 Å². The molecule has 0 unspecified atom stereocenters. The quantitative estimate of drug-likeness (QED) is 0.761. The molecule has 86 valence electrons. The van der Waals surface area contributed by atoms with E-state index < -0.39 is 0 Å². The molecule has 3 N–H and O–H groups in total.